The van der Waals surface area contributed by atoms with Crippen LogP contribution in [0, 0.1) is 18.2 Å². The van der Waals surface area contributed by atoms with E-state index in [0.29, 0.717) is 0 Å². The number of aryl methyl sites for hydroxylation is 1. The van der Waals surface area contributed by atoms with Gasteiger partial charge >= 0.3 is 0 Å². The lowest BCUT2D eigenvalue weighted by molar-refractivity contribution is -0.136. The molecule has 1 saturated carbocycles. The maximum Gasteiger partial charge on any atom is 0.233 e. The van der Waals surface area contributed by atoms with Crippen molar-refractivity contribution in [3.63, 3.8) is 0 Å². The van der Waals surface area contributed by atoms with Gasteiger partial charge in [-0.05, 0) is 48.1 Å². The summed E-state index contributed by atoms with van der Waals surface area (Å²) >= 11 is 0. The fraction of sp³-hybridized carbons (Fsp3) is 0.478. The number of piperazine rings is 1. The molecule has 1 aliphatic heterocycles. The number of halogens is 1. The molecular formula is C23H28FN3O. The molecule has 5 heteroatoms. The molecule has 4 rings (SSSR count). The van der Waals surface area contributed by atoms with E-state index in [0.717, 1.165) is 50.4 Å². The fourth-order valence-electron chi connectivity index (χ4n) is 4.61. The molecule has 4 nitrogen and oxygen atoms in total. The second kappa shape index (κ2) is 6.96. The zero-order valence-electron chi connectivity index (χ0n) is 16.9. The number of hydrogen-bond donors (Lipinski definition) is 0. The zero-order valence-corrected chi connectivity index (χ0v) is 16.9. The Morgan fingerprint density at radius 1 is 1.11 bits per heavy atom. The first kappa shape index (κ1) is 19.1. The highest BCUT2D eigenvalue weighted by Gasteiger charge is 2.68. The number of hydrogen-bond acceptors (Lipinski definition) is 3. The molecular weight excluding hydrogens is 353 g/mol. The van der Waals surface area contributed by atoms with E-state index in [1.54, 1.807) is 12.1 Å². The van der Waals surface area contributed by atoms with Gasteiger partial charge in [0.15, 0.2) is 0 Å². The molecule has 2 aliphatic rings. The number of carbonyl (C=O) groups excluding carboxylic acids is 1. The molecule has 1 aliphatic carbocycles. The second-order valence-corrected chi connectivity index (χ2v) is 8.81. The Kier molecular flexibility index (Phi) is 4.74. The van der Waals surface area contributed by atoms with Crippen molar-refractivity contribution in [3.05, 3.63) is 65.2 Å². The van der Waals surface area contributed by atoms with Gasteiger partial charge in [-0.1, -0.05) is 32.0 Å². The third-order valence-electron chi connectivity index (χ3n) is 6.59. The predicted octanol–water partition coefficient (Wildman–Crippen LogP) is 3.54. The molecule has 1 atom stereocenters. The van der Waals surface area contributed by atoms with Gasteiger partial charge in [0.05, 0.1) is 11.1 Å². The van der Waals surface area contributed by atoms with Crippen LogP contribution in [0.5, 0.6) is 0 Å². The molecule has 2 aromatic rings. The molecule has 28 heavy (non-hydrogen) atoms. The lowest BCUT2D eigenvalue weighted by Crippen LogP contribution is -2.52. The van der Waals surface area contributed by atoms with Gasteiger partial charge in [-0.15, -0.1) is 0 Å². The van der Waals surface area contributed by atoms with Crippen molar-refractivity contribution in [2.24, 2.45) is 5.41 Å². The van der Waals surface area contributed by atoms with Crippen LogP contribution in [0.4, 0.5) is 4.39 Å². The number of benzene rings is 1. The number of nitrogens with zero attached hydrogens (tertiary/aromatic N) is 3. The number of pyridine rings is 1. The Morgan fingerprint density at radius 3 is 2.32 bits per heavy atom. The van der Waals surface area contributed by atoms with E-state index in [1.807, 2.05) is 17.2 Å². The van der Waals surface area contributed by atoms with Crippen molar-refractivity contribution >= 4 is 5.91 Å². The minimum absolute atomic E-state index is 0.0931. The van der Waals surface area contributed by atoms with E-state index in [-0.39, 0.29) is 17.1 Å². The third kappa shape index (κ3) is 3.22. The van der Waals surface area contributed by atoms with Crippen molar-refractivity contribution in [1.29, 1.82) is 0 Å². The Balaban J connectivity index is 1.44. The van der Waals surface area contributed by atoms with Crippen molar-refractivity contribution in [2.45, 2.75) is 39.2 Å². The van der Waals surface area contributed by atoms with Gasteiger partial charge in [-0.2, -0.15) is 0 Å². The molecule has 2 fully saturated rings. The molecule has 1 amide bonds. The van der Waals surface area contributed by atoms with Crippen molar-refractivity contribution in [2.75, 3.05) is 26.2 Å². The van der Waals surface area contributed by atoms with Gasteiger partial charge in [0, 0.05) is 38.9 Å². The van der Waals surface area contributed by atoms with Gasteiger partial charge in [0.1, 0.15) is 5.82 Å². The molecule has 1 aromatic heterocycles. The standard InChI is InChI=1S/C23H28FN3O/c1-17-5-4-10-25-20(17)15-26-11-13-27(14-12-26)21(28)23(16-22(23,2)3)18-6-8-19(24)9-7-18/h4-10H,11-16H2,1-3H3/t23-/m0/s1. The highest BCUT2D eigenvalue weighted by molar-refractivity contribution is 5.93. The summed E-state index contributed by atoms with van der Waals surface area (Å²) in [7, 11) is 0. The lowest BCUT2D eigenvalue weighted by atomic mass is 9.86. The Morgan fingerprint density at radius 2 is 1.75 bits per heavy atom. The van der Waals surface area contributed by atoms with Crippen LogP contribution in [0.1, 0.15) is 37.1 Å². The average molecular weight is 381 g/mol. The summed E-state index contributed by atoms with van der Waals surface area (Å²) < 4.78 is 13.4. The first-order valence-electron chi connectivity index (χ1n) is 10.0. The van der Waals surface area contributed by atoms with E-state index in [2.05, 4.69) is 36.7 Å². The Bertz CT molecular complexity index is 872. The van der Waals surface area contributed by atoms with Crippen LogP contribution in [0.25, 0.3) is 0 Å². The summed E-state index contributed by atoms with van der Waals surface area (Å²) in [5.41, 5.74) is 2.64. The van der Waals surface area contributed by atoms with Crippen molar-refractivity contribution in [1.82, 2.24) is 14.8 Å². The second-order valence-electron chi connectivity index (χ2n) is 8.81. The van der Waals surface area contributed by atoms with Crippen LogP contribution in [0.15, 0.2) is 42.6 Å². The van der Waals surface area contributed by atoms with E-state index < -0.39 is 5.41 Å². The summed E-state index contributed by atoms with van der Waals surface area (Å²) in [6, 6.07) is 10.5. The molecule has 148 valence electrons. The van der Waals surface area contributed by atoms with Crippen LogP contribution >= 0.6 is 0 Å². The quantitative estimate of drug-likeness (QED) is 0.813. The molecule has 0 unspecified atom stereocenters. The van der Waals surface area contributed by atoms with Crippen molar-refractivity contribution < 1.29 is 9.18 Å². The van der Waals surface area contributed by atoms with Crippen LogP contribution in [0.2, 0.25) is 0 Å². The SMILES string of the molecule is Cc1cccnc1CN1CCN(C(=O)[C@@]2(c3ccc(F)cc3)CC2(C)C)CC1. The van der Waals surface area contributed by atoms with Gasteiger partial charge in [0.2, 0.25) is 5.91 Å². The smallest absolute Gasteiger partial charge is 0.233 e. The Hall–Kier alpha value is -2.27. The number of amides is 1. The fourth-order valence-corrected chi connectivity index (χ4v) is 4.61. The highest BCUT2D eigenvalue weighted by Crippen LogP contribution is 2.65. The monoisotopic (exact) mass is 381 g/mol. The van der Waals surface area contributed by atoms with Gasteiger partial charge < -0.3 is 4.90 Å². The first-order valence-corrected chi connectivity index (χ1v) is 10.0. The topological polar surface area (TPSA) is 36.4 Å². The maximum absolute atomic E-state index is 13.5. The number of carbonyl (C=O) groups is 1. The summed E-state index contributed by atoms with van der Waals surface area (Å²) in [6.07, 6.45) is 2.65. The molecule has 1 saturated heterocycles. The summed E-state index contributed by atoms with van der Waals surface area (Å²) in [6.45, 7) is 10.3. The normalized spacial score (nSPS) is 24.2. The average Bonchev–Trinajstić information content (AvgIpc) is 3.27. The van der Waals surface area contributed by atoms with E-state index >= 15 is 0 Å². The summed E-state index contributed by atoms with van der Waals surface area (Å²) in [4.78, 5) is 22.4. The van der Waals surface area contributed by atoms with Gasteiger partial charge in [-0.3, -0.25) is 14.7 Å². The summed E-state index contributed by atoms with van der Waals surface area (Å²) in [5, 5.41) is 0. The summed E-state index contributed by atoms with van der Waals surface area (Å²) in [5.74, 6) is -0.0685. The minimum Gasteiger partial charge on any atom is -0.339 e. The molecule has 1 aromatic carbocycles. The molecule has 0 bridgehead atoms. The van der Waals surface area contributed by atoms with Crippen LogP contribution < -0.4 is 0 Å². The largest absolute Gasteiger partial charge is 0.339 e. The maximum atomic E-state index is 13.5. The minimum atomic E-state index is -0.513. The van der Waals surface area contributed by atoms with Crippen molar-refractivity contribution in [3.8, 4) is 0 Å². The van der Waals surface area contributed by atoms with E-state index in [1.165, 1.54) is 17.7 Å². The Labute approximate surface area is 166 Å². The predicted molar refractivity (Wildman–Crippen MR) is 107 cm³/mol. The van der Waals surface area contributed by atoms with Crippen LogP contribution in [0.3, 0.4) is 0 Å². The molecule has 0 radical (unpaired) electrons. The third-order valence-corrected chi connectivity index (χ3v) is 6.59. The lowest BCUT2D eigenvalue weighted by Gasteiger charge is -2.37. The number of rotatable bonds is 4. The molecule has 0 spiro atoms. The van der Waals surface area contributed by atoms with Gasteiger partial charge in [-0.25, -0.2) is 4.39 Å². The van der Waals surface area contributed by atoms with E-state index in [4.69, 9.17) is 0 Å². The molecule has 0 N–H and O–H groups in total. The molecule has 2 heterocycles. The number of aromatic nitrogens is 1. The van der Waals surface area contributed by atoms with Crippen LogP contribution in [-0.2, 0) is 16.8 Å². The highest BCUT2D eigenvalue weighted by atomic mass is 19.1. The van der Waals surface area contributed by atoms with Gasteiger partial charge in [0.25, 0.3) is 0 Å². The van der Waals surface area contributed by atoms with E-state index in [9.17, 15) is 9.18 Å². The first-order chi connectivity index (χ1) is 13.3. The zero-order chi connectivity index (χ0) is 19.9. The van der Waals surface area contributed by atoms with Crippen LogP contribution in [-0.4, -0.2) is 46.9 Å².